The second-order valence-electron chi connectivity index (χ2n) is 4.63. The molecule has 0 aliphatic heterocycles. The second kappa shape index (κ2) is 5.75. The maximum atomic E-state index is 5.74. The van der Waals surface area contributed by atoms with Gasteiger partial charge in [0.2, 0.25) is 5.88 Å². The summed E-state index contributed by atoms with van der Waals surface area (Å²) in [5.41, 5.74) is 6.33. The lowest BCUT2D eigenvalue weighted by Gasteiger charge is -2.17. The van der Waals surface area contributed by atoms with E-state index in [9.17, 15) is 0 Å². The largest absolute Gasteiger partial charge is 0.479 e. The van der Waals surface area contributed by atoms with Crippen LogP contribution in [0.25, 0.3) is 0 Å². The predicted octanol–water partition coefficient (Wildman–Crippen LogP) is 2.81. The van der Waals surface area contributed by atoms with E-state index in [0.717, 1.165) is 5.82 Å². The van der Waals surface area contributed by atoms with E-state index in [4.69, 9.17) is 10.5 Å². The first-order valence-electron chi connectivity index (χ1n) is 6.36. The third kappa shape index (κ3) is 3.25. The van der Waals surface area contributed by atoms with Crippen LogP contribution in [-0.4, -0.2) is 18.1 Å². The average Bonchev–Trinajstić information content (AvgIpc) is 2.60. The van der Waals surface area contributed by atoms with Gasteiger partial charge < -0.3 is 15.8 Å². The van der Waals surface area contributed by atoms with Crippen LogP contribution in [0.3, 0.4) is 0 Å². The van der Waals surface area contributed by atoms with Crippen LogP contribution in [0, 0.1) is 0 Å². The summed E-state index contributed by atoms with van der Waals surface area (Å²) in [5.74, 6) is 1.37. The Balaban J connectivity index is 2.01. The highest BCUT2D eigenvalue weighted by atomic mass is 16.5. The van der Waals surface area contributed by atoms with Gasteiger partial charge in [-0.2, -0.15) is 4.98 Å². The number of hydrogen-bond donors (Lipinski definition) is 2. The Hall–Kier alpha value is -1.45. The van der Waals surface area contributed by atoms with Crippen LogP contribution >= 0.6 is 0 Å². The molecule has 17 heavy (non-hydrogen) atoms. The number of pyridine rings is 1. The quantitative estimate of drug-likeness (QED) is 0.791. The number of aromatic nitrogens is 1. The van der Waals surface area contributed by atoms with Crippen molar-refractivity contribution in [3.63, 3.8) is 0 Å². The Morgan fingerprint density at radius 3 is 2.59 bits per heavy atom. The minimum absolute atomic E-state index is 0.503. The smallest absolute Gasteiger partial charge is 0.238 e. The van der Waals surface area contributed by atoms with Gasteiger partial charge in [0.15, 0.2) is 0 Å². The van der Waals surface area contributed by atoms with Crippen molar-refractivity contribution in [3.05, 3.63) is 12.1 Å². The van der Waals surface area contributed by atoms with E-state index in [2.05, 4.69) is 10.3 Å². The van der Waals surface area contributed by atoms with Gasteiger partial charge in [-0.1, -0.05) is 25.7 Å². The van der Waals surface area contributed by atoms with Crippen LogP contribution in [0.5, 0.6) is 5.88 Å². The SMILES string of the molecule is COc1nc(NC2CCCCCC2)ccc1N. The number of methoxy groups -OCH3 is 1. The molecule has 1 heterocycles. The summed E-state index contributed by atoms with van der Waals surface area (Å²) >= 11 is 0. The van der Waals surface area contributed by atoms with Crippen molar-refractivity contribution in [2.45, 2.75) is 44.6 Å². The zero-order chi connectivity index (χ0) is 12.1. The number of nitrogens with one attached hydrogen (secondary N) is 1. The number of nitrogens with zero attached hydrogens (tertiary/aromatic N) is 1. The van der Waals surface area contributed by atoms with Gasteiger partial charge in [-0.15, -0.1) is 0 Å². The van der Waals surface area contributed by atoms with E-state index in [1.165, 1.54) is 38.5 Å². The van der Waals surface area contributed by atoms with Crippen molar-refractivity contribution in [3.8, 4) is 5.88 Å². The molecule has 0 amide bonds. The first-order valence-corrected chi connectivity index (χ1v) is 6.36. The molecule has 1 fully saturated rings. The van der Waals surface area contributed by atoms with E-state index in [1.54, 1.807) is 7.11 Å². The van der Waals surface area contributed by atoms with Crippen LogP contribution in [0.4, 0.5) is 11.5 Å². The molecule has 4 heteroatoms. The molecule has 1 aromatic rings. The Morgan fingerprint density at radius 1 is 1.24 bits per heavy atom. The van der Waals surface area contributed by atoms with Crippen molar-refractivity contribution in [2.75, 3.05) is 18.2 Å². The molecule has 1 saturated carbocycles. The van der Waals surface area contributed by atoms with Crippen molar-refractivity contribution in [2.24, 2.45) is 0 Å². The molecule has 4 nitrogen and oxygen atoms in total. The monoisotopic (exact) mass is 235 g/mol. The van der Waals surface area contributed by atoms with Crippen LogP contribution in [0.2, 0.25) is 0 Å². The maximum Gasteiger partial charge on any atom is 0.238 e. The molecule has 0 unspecified atom stereocenters. The minimum Gasteiger partial charge on any atom is -0.479 e. The van der Waals surface area contributed by atoms with Crippen molar-refractivity contribution < 1.29 is 4.74 Å². The van der Waals surface area contributed by atoms with Crippen LogP contribution in [0.1, 0.15) is 38.5 Å². The lowest BCUT2D eigenvalue weighted by atomic mass is 10.1. The molecule has 0 bridgehead atoms. The number of nitrogens with two attached hydrogens (primary N) is 1. The summed E-state index contributed by atoms with van der Waals surface area (Å²) in [4.78, 5) is 4.36. The third-order valence-electron chi connectivity index (χ3n) is 3.29. The van der Waals surface area contributed by atoms with Crippen molar-refractivity contribution >= 4 is 11.5 Å². The standard InChI is InChI=1S/C13H21N3O/c1-17-13-11(14)8-9-12(16-13)15-10-6-4-2-3-5-7-10/h8-10H,2-7,14H2,1H3,(H,15,16). The fourth-order valence-electron chi connectivity index (χ4n) is 2.33. The lowest BCUT2D eigenvalue weighted by molar-refractivity contribution is 0.400. The zero-order valence-electron chi connectivity index (χ0n) is 10.4. The van der Waals surface area contributed by atoms with Gasteiger partial charge in [0.1, 0.15) is 5.82 Å². The highest BCUT2D eigenvalue weighted by molar-refractivity contribution is 5.53. The van der Waals surface area contributed by atoms with Crippen molar-refractivity contribution in [1.29, 1.82) is 0 Å². The number of anilines is 2. The molecule has 0 saturated heterocycles. The average molecular weight is 235 g/mol. The molecule has 1 aliphatic carbocycles. The summed E-state index contributed by atoms with van der Waals surface area (Å²) in [6.45, 7) is 0. The van der Waals surface area contributed by atoms with Crippen LogP contribution in [0.15, 0.2) is 12.1 Å². The molecule has 94 valence electrons. The predicted molar refractivity (Wildman–Crippen MR) is 70.3 cm³/mol. The summed E-state index contributed by atoms with van der Waals surface area (Å²) < 4.78 is 5.12. The molecule has 2 rings (SSSR count). The van der Waals surface area contributed by atoms with Gasteiger partial charge in [0.05, 0.1) is 12.8 Å². The molecular formula is C13H21N3O. The first-order chi connectivity index (χ1) is 8.29. The fourth-order valence-corrected chi connectivity index (χ4v) is 2.33. The molecule has 1 aromatic heterocycles. The lowest BCUT2D eigenvalue weighted by Crippen LogP contribution is -2.19. The third-order valence-corrected chi connectivity index (χ3v) is 3.29. The van der Waals surface area contributed by atoms with E-state index in [1.807, 2.05) is 12.1 Å². The van der Waals surface area contributed by atoms with Gasteiger partial charge in [-0.25, -0.2) is 0 Å². The Bertz CT molecular complexity index is 360. The Morgan fingerprint density at radius 2 is 1.94 bits per heavy atom. The molecular weight excluding hydrogens is 214 g/mol. The fraction of sp³-hybridized carbons (Fsp3) is 0.615. The summed E-state index contributed by atoms with van der Waals surface area (Å²) in [6.07, 6.45) is 7.80. The van der Waals surface area contributed by atoms with Gasteiger partial charge in [-0.05, 0) is 25.0 Å². The molecule has 1 aliphatic rings. The van der Waals surface area contributed by atoms with Gasteiger partial charge >= 0.3 is 0 Å². The number of nitrogen functional groups attached to an aromatic ring is 1. The molecule has 0 aromatic carbocycles. The summed E-state index contributed by atoms with van der Waals surface area (Å²) in [5, 5.41) is 3.48. The first kappa shape index (κ1) is 12.0. The molecule has 3 N–H and O–H groups in total. The summed E-state index contributed by atoms with van der Waals surface area (Å²) in [6, 6.07) is 4.30. The summed E-state index contributed by atoms with van der Waals surface area (Å²) in [7, 11) is 1.59. The van der Waals surface area contributed by atoms with Gasteiger partial charge in [0, 0.05) is 6.04 Å². The van der Waals surface area contributed by atoms with Crippen LogP contribution in [-0.2, 0) is 0 Å². The number of ether oxygens (including phenoxy) is 1. The normalized spacial score (nSPS) is 17.5. The van der Waals surface area contributed by atoms with Crippen LogP contribution < -0.4 is 15.8 Å². The van der Waals surface area contributed by atoms with Gasteiger partial charge in [-0.3, -0.25) is 0 Å². The van der Waals surface area contributed by atoms with E-state index >= 15 is 0 Å². The maximum absolute atomic E-state index is 5.74. The minimum atomic E-state index is 0.503. The molecule has 0 spiro atoms. The molecule has 0 atom stereocenters. The van der Waals surface area contributed by atoms with Gasteiger partial charge in [0.25, 0.3) is 0 Å². The van der Waals surface area contributed by atoms with E-state index in [0.29, 0.717) is 17.6 Å². The topological polar surface area (TPSA) is 60.2 Å². The second-order valence-corrected chi connectivity index (χ2v) is 4.63. The number of rotatable bonds is 3. The van der Waals surface area contributed by atoms with E-state index in [-0.39, 0.29) is 0 Å². The highest BCUT2D eigenvalue weighted by Crippen LogP contribution is 2.24. The zero-order valence-corrected chi connectivity index (χ0v) is 10.4. The van der Waals surface area contributed by atoms with Crippen molar-refractivity contribution in [1.82, 2.24) is 4.98 Å². The Labute approximate surface area is 103 Å². The highest BCUT2D eigenvalue weighted by Gasteiger charge is 2.13. The molecule has 0 radical (unpaired) electrons. The van der Waals surface area contributed by atoms with E-state index < -0.39 is 0 Å². The number of hydrogen-bond acceptors (Lipinski definition) is 4. The Kier molecular flexibility index (Phi) is 4.07.